The van der Waals surface area contributed by atoms with E-state index >= 15 is 0 Å². The molecule has 46 valence electrons. The average molecular weight is 121 g/mol. The smallest absolute Gasteiger partial charge is 0.133 e. The van der Waals surface area contributed by atoms with Crippen molar-refractivity contribution in [2.75, 3.05) is 0 Å². The van der Waals surface area contributed by atoms with Crippen molar-refractivity contribution in [1.29, 1.82) is 5.26 Å². The molecule has 2 heteroatoms. The Bertz CT molecular complexity index is 189. The first kappa shape index (κ1) is 4.99. The van der Waals surface area contributed by atoms with Crippen LogP contribution >= 0.6 is 0 Å². The van der Waals surface area contributed by atoms with Gasteiger partial charge in [0.1, 0.15) is 5.78 Å². The molecule has 0 N–H and O–H groups in total. The third kappa shape index (κ3) is 0.519. The number of nitrogens with zero attached hydrogens (tertiary/aromatic N) is 1. The van der Waals surface area contributed by atoms with Crippen molar-refractivity contribution in [2.45, 2.75) is 12.8 Å². The van der Waals surface area contributed by atoms with Crippen molar-refractivity contribution in [3.63, 3.8) is 0 Å². The number of rotatable bonds is 0. The summed E-state index contributed by atoms with van der Waals surface area (Å²) < 4.78 is 0. The number of hydrogen-bond donors (Lipinski definition) is 0. The molecule has 2 nitrogen and oxygen atoms in total. The van der Waals surface area contributed by atoms with Crippen molar-refractivity contribution >= 4 is 5.78 Å². The summed E-state index contributed by atoms with van der Waals surface area (Å²) in [5, 5.41) is 8.44. The summed E-state index contributed by atoms with van der Waals surface area (Å²) in [5.41, 5.74) is 0. The number of fused-ring (bicyclic) bond motifs is 1. The summed E-state index contributed by atoms with van der Waals surface area (Å²) in [6.45, 7) is 0. The van der Waals surface area contributed by atoms with Crippen LogP contribution in [-0.4, -0.2) is 5.78 Å². The van der Waals surface area contributed by atoms with Crippen LogP contribution in [0.15, 0.2) is 0 Å². The van der Waals surface area contributed by atoms with E-state index in [9.17, 15) is 4.79 Å². The van der Waals surface area contributed by atoms with Crippen LogP contribution in [0.25, 0.3) is 0 Å². The average Bonchev–Trinajstić information content (AvgIpc) is 2.30. The lowest BCUT2D eigenvalue weighted by Crippen LogP contribution is -1.95. The van der Waals surface area contributed by atoms with Crippen molar-refractivity contribution in [1.82, 2.24) is 0 Å². The van der Waals surface area contributed by atoms with E-state index in [1.807, 2.05) is 0 Å². The Morgan fingerprint density at radius 2 is 2.00 bits per heavy atom. The van der Waals surface area contributed by atoms with Gasteiger partial charge in [0.2, 0.25) is 0 Å². The fraction of sp³-hybridized carbons (Fsp3) is 0.714. The van der Waals surface area contributed by atoms with Crippen LogP contribution in [0, 0.1) is 29.1 Å². The van der Waals surface area contributed by atoms with Gasteiger partial charge in [0.25, 0.3) is 0 Å². The van der Waals surface area contributed by atoms with Gasteiger partial charge in [-0.1, -0.05) is 0 Å². The molecule has 0 saturated heterocycles. The van der Waals surface area contributed by atoms with Crippen LogP contribution in [0.4, 0.5) is 0 Å². The van der Waals surface area contributed by atoms with Crippen molar-refractivity contribution in [3.8, 4) is 6.07 Å². The maximum atomic E-state index is 10.6. The first-order valence-corrected chi connectivity index (χ1v) is 3.24. The Balaban J connectivity index is 2.08. The van der Waals surface area contributed by atoms with Gasteiger partial charge in [0.15, 0.2) is 0 Å². The van der Waals surface area contributed by atoms with Crippen LogP contribution in [-0.2, 0) is 4.79 Å². The largest absolute Gasteiger partial charge is 0.300 e. The highest BCUT2D eigenvalue weighted by Crippen LogP contribution is 2.55. The molecular weight excluding hydrogens is 114 g/mol. The van der Waals surface area contributed by atoms with Gasteiger partial charge in [-0.25, -0.2) is 0 Å². The number of nitriles is 1. The molecule has 2 atom stereocenters. The molecule has 0 aromatic heterocycles. The molecule has 2 aliphatic rings. The highest BCUT2D eigenvalue weighted by molar-refractivity contribution is 5.83. The highest BCUT2D eigenvalue weighted by atomic mass is 16.1. The minimum absolute atomic E-state index is 0.239. The lowest BCUT2D eigenvalue weighted by atomic mass is 10.1. The molecule has 0 radical (unpaired) electrons. The second-order valence-electron chi connectivity index (χ2n) is 2.93. The van der Waals surface area contributed by atoms with Crippen molar-refractivity contribution < 1.29 is 4.79 Å². The molecule has 0 amide bonds. The fourth-order valence-electron chi connectivity index (χ4n) is 1.80. The Labute approximate surface area is 53.5 Å². The van der Waals surface area contributed by atoms with E-state index in [0.29, 0.717) is 30.5 Å². The third-order valence-corrected chi connectivity index (χ3v) is 2.41. The summed E-state index contributed by atoms with van der Waals surface area (Å²) in [5.74, 6) is 1.52. The number of Topliss-reactive ketones (excluding diaryl/α,β-unsaturated/α-hetero) is 1. The Morgan fingerprint density at radius 3 is 2.44 bits per heavy atom. The first-order valence-electron chi connectivity index (χ1n) is 3.24. The standard InChI is InChI=1S/C7H7NO/c8-3-7-5-1-4(9)2-6(5)7/h5-7H,1-2H2. The lowest BCUT2D eigenvalue weighted by molar-refractivity contribution is -0.118. The van der Waals surface area contributed by atoms with Crippen LogP contribution < -0.4 is 0 Å². The maximum Gasteiger partial charge on any atom is 0.133 e. The summed E-state index contributed by atoms with van der Waals surface area (Å²) in [7, 11) is 0. The van der Waals surface area contributed by atoms with Gasteiger partial charge < -0.3 is 0 Å². The van der Waals surface area contributed by atoms with Crippen LogP contribution in [0.5, 0.6) is 0 Å². The van der Waals surface area contributed by atoms with Gasteiger partial charge >= 0.3 is 0 Å². The molecular formula is C7H7NO. The molecule has 0 aromatic rings. The molecule has 0 heterocycles. The molecule has 2 fully saturated rings. The van der Waals surface area contributed by atoms with Gasteiger partial charge in [-0.2, -0.15) is 5.26 Å². The van der Waals surface area contributed by atoms with Gasteiger partial charge in [0.05, 0.1) is 12.0 Å². The number of hydrogen-bond acceptors (Lipinski definition) is 2. The van der Waals surface area contributed by atoms with E-state index in [4.69, 9.17) is 5.26 Å². The SMILES string of the molecule is N#CC1C2CC(=O)CC12. The van der Waals surface area contributed by atoms with Crippen LogP contribution in [0.2, 0.25) is 0 Å². The van der Waals surface area contributed by atoms with Crippen molar-refractivity contribution in [3.05, 3.63) is 0 Å². The summed E-state index contributed by atoms with van der Waals surface area (Å²) in [6, 6.07) is 2.21. The van der Waals surface area contributed by atoms with Gasteiger partial charge in [0, 0.05) is 12.8 Å². The van der Waals surface area contributed by atoms with Gasteiger partial charge in [-0.3, -0.25) is 4.79 Å². The maximum absolute atomic E-state index is 10.6. The third-order valence-electron chi connectivity index (χ3n) is 2.41. The number of carbonyl (C=O) groups excluding carboxylic acids is 1. The molecule has 2 saturated carbocycles. The number of carbonyl (C=O) groups is 1. The summed E-state index contributed by atoms with van der Waals surface area (Å²) >= 11 is 0. The second-order valence-corrected chi connectivity index (χ2v) is 2.93. The van der Waals surface area contributed by atoms with E-state index < -0.39 is 0 Å². The fourth-order valence-corrected chi connectivity index (χ4v) is 1.80. The second kappa shape index (κ2) is 1.36. The molecule has 2 aliphatic carbocycles. The van der Waals surface area contributed by atoms with E-state index in [0.717, 1.165) is 0 Å². The monoisotopic (exact) mass is 121 g/mol. The molecule has 0 aliphatic heterocycles. The zero-order chi connectivity index (χ0) is 6.43. The molecule has 2 unspecified atom stereocenters. The zero-order valence-corrected chi connectivity index (χ0v) is 5.00. The Morgan fingerprint density at radius 1 is 1.44 bits per heavy atom. The van der Waals surface area contributed by atoms with Crippen LogP contribution in [0.3, 0.4) is 0 Å². The molecule has 0 spiro atoms. The highest BCUT2D eigenvalue weighted by Gasteiger charge is 2.56. The topological polar surface area (TPSA) is 40.9 Å². The minimum Gasteiger partial charge on any atom is -0.300 e. The molecule has 0 aromatic carbocycles. The van der Waals surface area contributed by atoms with Crippen molar-refractivity contribution in [2.24, 2.45) is 17.8 Å². The summed E-state index contributed by atoms with van der Waals surface area (Å²) in [6.07, 6.45) is 1.37. The van der Waals surface area contributed by atoms with E-state index in [-0.39, 0.29) is 5.92 Å². The van der Waals surface area contributed by atoms with Crippen LogP contribution in [0.1, 0.15) is 12.8 Å². The first-order chi connectivity index (χ1) is 4.33. The lowest BCUT2D eigenvalue weighted by Gasteiger charge is -1.88. The van der Waals surface area contributed by atoms with Gasteiger partial charge in [-0.05, 0) is 11.8 Å². The predicted molar refractivity (Wildman–Crippen MR) is 30.3 cm³/mol. The number of ketones is 1. The molecule has 2 rings (SSSR count). The quantitative estimate of drug-likeness (QED) is 0.474. The minimum atomic E-state index is 0.239. The predicted octanol–water partition coefficient (Wildman–Crippen LogP) is 0.735. The normalized spacial score (nSPS) is 46.1. The Hall–Kier alpha value is -0.840. The van der Waals surface area contributed by atoms with E-state index in [2.05, 4.69) is 6.07 Å². The van der Waals surface area contributed by atoms with Gasteiger partial charge in [-0.15, -0.1) is 0 Å². The van der Waals surface area contributed by atoms with E-state index in [1.165, 1.54) is 0 Å². The molecule has 9 heavy (non-hydrogen) atoms. The zero-order valence-electron chi connectivity index (χ0n) is 5.00. The van der Waals surface area contributed by atoms with E-state index in [1.54, 1.807) is 0 Å². The Kier molecular flexibility index (Phi) is 0.751. The molecule has 0 bridgehead atoms. The summed E-state index contributed by atoms with van der Waals surface area (Å²) in [4.78, 5) is 10.6.